The Morgan fingerprint density at radius 1 is 1.29 bits per heavy atom. The van der Waals surface area contributed by atoms with Gasteiger partial charge in [0.15, 0.2) is 0 Å². The highest BCUT2D eigenvalue weighted by Gasteiger charge is 2.41. The average molecular weight is 288 g/mol. The van der Waals surface area contributed by atoms with E-state index in [1.165, 1.54) is 12.1 Å². The highest BCUT2D eigenvalue weighted by atomic mass is 19.1. The fourth-order valence-corrected chi connectivity index (χ4v) is 2.70. The Balaban J connectivity index is 1.86. The van der Waals surface area contributed by atoms with E-state index < -0.39 is 5.54 Å². The molecule has 6 heteroatoms. The van der Waals surface area contributed by atoms with Crippen molar-refractivity contribution in [2.24, 2.45) is 0 Å². The largest absolute Gasteiger partial charge is 0.324 e. The Morgan fingerprint density at radius 2 is 2.00 bits per heavy atom. The monoisotopic (exact) mass is 288 g/mol. The van der Waals surface area contributed by atoms with Gasteiger partial charge < -0.3 is 10.6 Å². The van der Waals surface area contributed by atoms with Gasteiger partial charge in [0.05, 0.1) is 0 Å². The Hall–Kier alpha value is -2.21. The lowest BCUT2D eigenvalue weighted by Gasteiger charge is -2.36. The maximum atomic E-state index is 12.9. The number of halogens is 1. The molecule has 2 heterocycles. The molecule has 110 valence electrons. The number of hydrogen-bond donors (Lipinski definition) is 2. The van der Waals surface area contributed by atoms with E-state index in [9.17, 15) is 9.18 Å². The molecule has 0 unspecified atom stereocenters. The molecule has 1 aromatic heterocycles. The van der Waals surface area contributed by atoms with E-state index in [-0.39, 0.29) is 11.7 Å². The lowest BCUT2D eigenvalue weighted by molar-refractivity contribution is -0.126. The fraction of sp³-hybridized carbons (Fsp3) is 0.333. The zero-order chi connectivity index (χ0) is 14.7. The van der Waals surface area contributed by atoms with E-state index in [1.54, 1.807) is 23.0 Å². The fourth-order valence-electron chi connectivity index (χ4n) is 2.70. The second-order valence-corrected chi connectivity index (χ2v) is 5.19. The summed E-state index contributed by atoms with van der Waals surface area (Å²) >= 11 is 0. The first-order valence-electron chi connectivity index (χ1n) is 6.99. The van der Waals surface area contributed by atoms with Crippen molar-refractivity contribution in [3.63, 3.8) is 0 Å². The van der Waals surface area contributed by atoms with Crippen molar-refractivity contribution >= 4 is 11.6 Å². The number of rotatable bonds is 3. The molecule has 2 aromatic rings. The summed E-state index contributed by atoms with van der Waals surface area (Å²) in [7, 11) is 0. The molecule has 21 heavy (non-hydrogen) atoms. The number of benzene rings is 1. The number of nitrogens with one attached hydrogen (secondary N) is 2. The smallest absolute Gasteiger partial charge is 0.252 e. The summed E-state index contributed by atoms with van der Waals surface area (Å²) in [6.07, 6.45) is 4.83. The first-order chi connectivity index (χ1) is 10.2. The molecule has 5 nitrogen and oxygen atoms in total. The van der Waals surface area contributed by atoms with Gasteiger partial charge in [-0.15, -0.1) is 0 Å². The molecule has 2 N–H and O–H groups in total. The van der Waals surface area contributed by atoms with Crippen molar-refractivity contribution < 1.29 is 9.18 Å². The van der Waals surface area contributed by atoms with Crippen molar-refractivity contribution in [2.75, 3.05) is 18.4 Å². The predicted octanol–water partition coefficient (Wildman–Crippen LogP) is 1.74. The quantitative estimate of drug-likeness (QED) is 0.904. The Kier molecular flexibility index (Phi) is 3.70. The van der Waals surface area contributed by atoms with Gasteiger partial charge in [0.1, 0.15) is 11.4 Å². The van der Waals surface area contributed by atoms with E-state index >= 15 is 0 Å². The number of aromatic nitrogens is 2. The molecule has 3 rings (SSSR count). The van der Waals surface area contributed by atoms with Crippen LogP contribution in [-0.4, -0.2) is 28.8 Å². The summed E-state index contributed by atoms with van der Waals surface area (Å²) < 4.78 is 14.7. The zero-order valence-corrected chi connectivity index (χ0v) is 11.6. The van der Waals surface area contributed by atoms with E-state index in [0.717, 1.165) is 13.1 Å². The van der Waals surface area contributed by atoms with Crippen LogP contribution >= 0.6 is 0 Å². The lowest BCUT2D eigenvalue weighted by atomic mass is 9.87. The Labute approximate surface area is 122 Å². The minimum Gasteiger partial charge on any atom is -0.324 e. The molecule has 0 bridgehead atoms. The highest BCUT2D eigenvalue weighted by molar-refractivity contribution is 5.96. The second kappa shape index (κ2) is 5.65. The maximum absolute atomic E-state index is 12.9. The molecule has 1 aliphatic rings. The van der Waals surface area contributed by atoms with Crippen LogP contribution in [-0.2, 0) is 10.3 Å². The van der Waals surface area contributed by atoms with Crippen LogP contribution in [0.4, 0.5) is 10.1 Å². The van der Waals surface area contributed by atoms with Gasteiger partial charge in [0, 0.05) is 18.1 Å². The Bertz CT molecular complexity index is 603. The number of amides is 1. The zero-order valence-electron chi connectivity index (χ0n) is 11.6. The molecule has 0 spiro atoms. The van der Waals surface area contributed by atoms with Gasteiger partial charge in [0.2, 0.25) is 0 Å². The van der Waals surface area contributed by atoms with Gasteiger partial charge in [-0.3, -0.25) is 9.48 Å². The summed E-state index contributed by atoms with van der Waals surface area (Å²) in [6, 6.07) is 7.60. The van der Waals surface area contributed by atoms with Gasteiger partial charge >= 0.3 is 0 Å². The third-order valence-corrected chi connectivity index (χ3v) is 3.90. The molecular weight excluding hydrogens is 271 g/mol. The molecule has 0 aliphatic carbocycles. The minimum absolute atomic E-state index is 0.112. The Morgan fingerprint density at radius 3 is 2.62 bits per heavy atom. The second-order valence-electron chi connectivity index (χ2n) is 5.19. The molecule has 0 saturated carbocycles. The van der Waals surface area contributed by atoms with E-state index in [1.807, 2.05) is 12.3 Å². The predicted molar refractivity (Wildman–Crippen MR) is 77.3 cm³/mol. The van der Waals surface area contributed by atoms with Crippen LogP contribution in [0.15, 0.2) is 42.7 Å². The number of carbonyl (C=O) groups excluding carboxylic acids is 1. The number of carbonyl (C=O) groups is 1. The summed E-state index contributed by atoms with van der Waals surface area (Å²) in [5.41, 5.74) is -0.102. The molecular formula is C15H17FN4O. The van der Waals surface area contributed by atoms with Crippen molar-refractivity contribution in [3.05, 3.63) is 48.5 Å². The summed E-state index contributed by atoms with van der Waals surface area (Å²) in [5.74, 6) is -0.434. The van der Waals surface area contributed by atoms with E-state index in [2.05, 4.69) is 15.7 Å². The molecule has 1 saturated heterocycles. The van der Waals surface area contributed by atoms with Gasteiger partial charge in [0.25, 0.3) is 5.91 Å². The third-order valence-electron chi connectivity index (χ3n) is 3.90. The third kappa shape index (κ3) is 2.67. The maximum Gasteiger partial charge on any atom is 0.252 e. The SMILES string of the molecule is O=C(Nc1ccc(F)cc1)C1(n2cccn2)CCNCC1. The number of anilines is 1. The van der Waals surface area contributed by atoms with E-state index in [4.69, 9.17) is 0 Å². The van der Waals surface area contributed by atoms with Crippen molar-refractivity contribution in [1.82, 2.24) is 15.1 Å². The summed E-state index contributed by atoms with van der Waals surface area (Å²) in [4.78, 5) is 12.8. The van der Waals surface area contributed by atoms with Crippen LogP contribution in [0, 0.1) is 5.82 Å². The van der Waals surface area contributed by atoms with E-state index in [0.29, 0.717) is 18.5 Å². The summed E-state index contributed by atoms with van der Waals surface area (Å²) in [5, 5.41) is 10.4. The van der Waals surface area contributed by atoms with Gasteiger partial charge in [-0.25, -0.2) is 4.39 Å². The van der Waals surface area contributed by atoms with Crippen molar-refractivity contribution in [1.29, 1.82) is 0 Å². The van der Waals surface area contributed by atoms with Gasteiger partial charge in [-0.2, -0.15) is 5.10 Å². The molecule has 1 aromatic carbocycles. The van der Waals surface area contributed by atoms with Crippen molar-refractivity contribution in [2.45, 2.75) is 18.4 Å². The number of nitrogens with zero attached hydrogens (tertiary/aromatic N) is 2. The highest BCUT2D eigenvalue weighted by Crippen LogP contribution is 2.28. The topological polar surface area (TPSA) is 59.0 Å². The number of piperidine rings is 1. The van der Waals surface area contributed by atoms with Crippen LogP contribution in [0.2, 0.25) is 0 Å². The van der Waals surface area contributed by atoms with Crippen LogP contribution in [0.3, 0.4) is 0 Å². The minimum atomic E-state index is -0.691. The average Bonchev–Trinajstić information content (AvgIpc) is 3.05. The van der Waals surface area contributed by atoms with Gasteiger partial charge in [-0.05, 0) is 56.3 Å². The number of hydrogen-bond acceptors (Lipinski definition) is 3. The molecule has 0 radical (unpaired) electrons. The molecule has 0 atom stereocenters. The molecule has 1 fully saturated rings. The standard InChI is InChI=1S/C15H17FN4O/c16-12-2-4-13(5-3-12)19-14(21)15(6-9-17-10-7-15)20-11-1-8-18-20/h1-5,8,11,17H,6-7,9-10H2,(H,19,21). The van der Waals surface area contributed by atoms with Crippen LogP contribution in [0.1, 0.15) is 12.8 Å². The normalized spacial score (nSPS) is 17.4. The first-order valence-corrected chi connectivity index (χ1v) is 6.99. The van der Waals surface area contributed by atoms with Crippen LogP contribution < -0.4 is 10.6 Å². The summed E-state index contributed by atoms with van der Waals surface area (Å²) in [6.45, 7) is 1.52. The molecule has 1 amide bonds. The first kappa shape index (κ1) is 13.8. The van der Waals surface area contributed by atoms with Crippen LogP contribution in [0.5, 0.6) is 0 Å². The lowest BCUT2D eigenvalue weighted by Crippen LogP contribution is -2.52. The van der Waals surface area contributed by atoms with Crippen LogP contribution in [0.25, 0.3) is 0 Å². The van der Waals surface area contributed by atoms with Crippen molar-refractivity contribution in [3.8, 4) is 0 Å². The molecule has 1 aliphatic heterocycles. The van der Waals surface area contributed by atoms with Gasteiger partial charge in [-0.1, -0.05) is 0 Å².